The molecular weight excluding hydrogens is 556 g/mol. The van der Waals surface area contributed by atoms with Crippen molar-refractivity contribution in [2.45, 2.75) is 0 Å². The fraction of sp³-hybridized carbons (Fsp3) is 0. The van der Waals surface area contributed by atoms with Crippen LogP contribution in [0.1, 0.15) is 0 Å². The maximum Gasteiger partial charge on any atom is 6.00 e. The average molecular weight is 580 g/mol. The number of nitrogens with zero attached hydrogens (tertiary/aromatic N) is 6. The van der Waals surface area contributed by atoms with E-state index in [-0.39, 0.29) is 17.1 Å². The zero-order valence-electron chi connectivity index (χ0n) is 21.6. The van der Waals surface area contributed by atoms with Gasteiger partial charge < -0.3 is 93.9 Å². The Kier molecular flexibility index (Phi) is 34.3. The van der Waals surface area contributed by atoms with Crippen molar-refractivity contribution in [3.8, 4) is 22.3 Å². The van der Waals surface area contributed by atoms with Gasteiger partial charge >= 0.3 is 17.1 Å². The van der Waals surface area contributed by atoms with Gasteiger partial charge in [-0.25, -0.2) is 0 Å². The Bertz CT molecular complexity index is 1070. The summed E-state index contributed by atoms with van der Waals surface area (Å²) in [6, 6.07) is 31.2. The summed E-state index contributed by atoms with van der Waals surface area (Å²) in [7, 11) is 0. The van der Waals surface area contributed by atoms with Gasteiger partial charge in [0.05, 0.1) is 0 Å². The van der Waals surface area contributed by atoms with Crippen LogP contribution in [0.2, 0.25) is 0 Å². The van der Waals surface area contributed by atoms with Crippen molar-refractivity contribution in [1.29, 1.82) is 31.6 Å². The second-order valence-corrected chi connectivity index (χ2v) is 6.49. The second kappa shape index (κ2) is 31.6. The molecular formula is C30H24FeN10. The molecule has 4 rings (SSSR count). The molecule has 0 heterocycles. The Labute approximate surface area is 252 Å². The van der Waals surface area contributed by atoms with Crippen LogP contribution in [0.4, 0.5) is 22.7 Å². The fourth-order valence-electron chi connectivity index (χ4n) is 2.70. The van der Waals surface area contributed by atoms with Crippen LogP contribution in [-0.4, -0.2) is 0 Å². The van der Waals surface area contributed by atoms with Crippen LogP contribution in [0, 0.1) is 71.0 Å². The van der Waals surface area contributed by atoms with Gasteiger partial charge in [0.25, 0.3) is 0 Å². The largest absolute Gasteiger partial charge is 6.00 e. The molecule has 0 unspecified atom stereocenters. The Morgan fingerprint density at radius 3 is 0.463 bits per heavy atom. The van der Waals surface area contributed by atoms with Crippen molar-refractivity contribution in [3.63, 3.8) is 0 Å². The predicted octanol–water partition coefficient (Wildman–Crippen LogP) is 5.61. The summed E-state index contributed by atoms with van der Waals surface area (Å²) in [5.41, 5.74) is 30.2. The Morgan fingerprint density at radius 1 is 0.268 bits per heavy atom. The van der Waals surface area contributed by atoms with Crippen molar-refractivity contribution >= 4 is 22.7 Å². The molecule has 8 N–H and O–H groups in total. The molecule has 0 saturated heterocycles. The third-order valence-electron chi connectivity index (χ3n) is 4.31. The molecule has 0 saturated carbocycles. The van der Waals surface area contributed by atoms with Crippen LogP contribution in [0.5, 0.6) is 0 Å². The summed E-state index contributed by atoms with van der Waals surface area (Å²) in [5.74, 6) is 0. The van der Waals surface area contributed by atoms with E-state index in [1.54, 1.807) is 0 Å². The molecule has 41 heavy (non-hydrogen) atoms. The average Bonchev–Trinajstić information content (AvgIpc) is 3.05. The molecule has 0 fully saturated rings. The van der Waals surface area contributed by atoms with Gasteiger partial charge in [0, 0.05) is 22.7 Å². The Hall–Kier alpha value is -6.46. The van der Waals surface area contributed by atoms with Gasteiger partial charge in [-0.05, 0) is 70.8 Å². The van der Waals surface area contributed by atoms with E-state index in [1.165, 1.54) is 0 Å². The molecule has 0 aliphatic rings. The minimum Gasteiger partial charge on any atom is -0.512 e. The van der Waals surface area contributed by atoms with Gasteiger partial charge in [-0.1, -0.05) is 48.5 Å². The maximum absolute atomic E-state index is 6.25. The van der Waals surface area contributed by atoms with Gasteiger partial charge in [0.2, 0.25) is 0 Å². The van der Waals surface area contributed by atoms with E-state index in [4.69, 9.17) is 93.9 Å². The summed E-state index contributed by atoms with van der Waals surface area (Å²) in [5, 5.41) is 37.5. The van der Waals surface area contributed by atoms with Crippen LogP contribution < -0.4 is 22.9 Å². The summed E-state index contributed by atoms with van der Waals surface area (Å²) in [4.78, 5) is 0. The molecule has 11 heteroatoms. The van der Waals surface area contributed by atoms with Crippen molar-refractivity contribution in [3.05, 3.63) is 136 Å². The van der Waals surface area contributed by atoms with Crippen molar-refractivity contribution in [1.82, 2.24) is 0 Å². The van der Waals surface area contributed by atoms with Gasteiger partial charge in [-0.3, -0.25) is 0 Å². The van der Waals surface area contributed by atoms with E-state index in [1.807, 2.05) is 97.1 Å². The van der Waals surface area contributed by atoms with Crippen LogP contribution in [0.25, 0.3) is 22.3 Å². The van der Waals surface area contributed by atoms with Gasteiger partial charge in [0.15, 0.2) is 0 Å². The second-order valence-electron chi connectivity index (χ2n) is 6.49. The number of nitrogen functional groups attached to an aromatic ring is 4. The summed E-state index contributed by atoms with van der Waals surface area (Å²) in [6.07, 6.45) is 0. The van der Waals surface area contributed by atoms with Crippen LogP contribution in [0.3, 0.4) is 0 Å². The van der Waals surface area contributed by atoms with E-state index in [0.717, 1.165) is 45.0 Å². The first-order valence-electron chi connectivity index (χ1n) is 10.3. The van der Waals surface area contributed by atoms with E-state index in [9.17, 15) is 0 Å². The quantitative estimate of drug-likeness (QED) is 0.129. The predicted molar refractivity (Wildman–Crippen MR) is 151 cm³/mol. The molecule has 0 bridgehead atoms. The first-order chi connectivity index (χ1) is 19.5. The molecule has 0 radical (unpaired) electrons. The topological polar surface area (TPSA) is 247 Å². The molecule has 0 atom stereocenters. The van der Waals surface area contributed by atoms with Crippen LogP contribution in [-0.2, 0) is 17.1 Å². The summed E-state index contributed by atoms with van der Waals surface area (Å²) >= 11 is 0. The Morgan fingerprint density at radius 2 is 0.366 bits per heavy atom. The molecule has 0 amide bonds. The minimum absolute atomic E-state index is 0. The van der Waals surface area contributed by atoms with Gasteiger partial charge in [-0.15, -0.1) is 0 Å². The van der Waals surface area contributed by atoms with Crippen LogP contribution in [0.15, 0.2) is 97.1 Å². The molecule has 4 aromatic rings. The fourth-order valence-corrected chi connectivity index (χ4v) is 2.70. The third-order valence-corrected chi connectivity index (χ3v) is 4.31. The normalized spacial score (nSPS) is 7.12. The number of nitrogens with two attached hydrogens (primary N) is 4. The number of hydrogen-bond acceptors (Lipinski definition) is 10. The molecule has 10 nitrogen and oxygen atoms in total. The van der Waals surface area contributed by atoms with Crippen molar-refractivity contribution in [2.75, 3.05) is 22.9 Å². The monoisotopic (exact) mass is 580 g/mol. The van der Waals surface area contributed by atoms with E-state index in [2.05, 4.69) is 0 Å². The van der Waals surface area contributed by atoms with E-state index < -0.39 is 0 Å². The standard InChI is InChI=1S/2C12H12N2.6CN.Fe/c2*13-11-5-1-9(2-6-11)10-3-7-12(14)8-4-10;6*1-2;/h2*1-8H,13-14H2;;;;;;;/q;;6*-1;+6. The molecule has 4 aromatic carbocycles. The van der Waals surface area contributed by atoms with Crippen LogP contribution >= 0.6 is 0 Å². The first-order valence-corrected chi connectivity index (χ1v) is 10.3. The molecule has 0 aliphatic carbocycles. The van der Waals surface area contributed by atoms with E-state index in [0.29, 0.717) is 0 Å². The zero-order chi connectivity index (χ0) is 31.9. The molecule has 0 aliphatic heterocycles. The smallest absolute Gasteiger partial charge is 0.512 e. The minimum atomic E-state index is 0. The number of anilines is 4. The summed E-state index contributed by atoms with van der Waals surface area (Å²) in [6.45, 7) is 28.5. The molecule has 0 aromatic heterocycles. The maximum atomic E-state index is 6.25. The van der Waals surface area contributed by atoms with Crippen molar-refractivity contribution in [2.24, 2.45) is 0 Å². The zero-order valence-corrected chi connectivity index (χ0v) is 22.7. The number of rotatable bonds is 2. The molecule has 202 valence electrons. The summed E-state index contributed by atoms with van der Waals surface area (Å²) < 4.78 is 0. The van der Waals surface area contributed by atoms with Crippen molar-refractivity contribution < 1.29 is 17.1 Å². The SMILES string of the molecule is Nc1ccc(-c2ccc(N)cc2)cc1.Nc1ccc(-c2ccc(N)cc2)cc1.[C-]#N.[C-]#N.[C-]#N.[C-]#N.[C-]#N.[C-]#N.[Fe+6]. The third kappa shape index (κ3) is 19.3. The number of benzene rings is 4. The first kappa shape index (κ1) is 44.5. The van der Waals surface area contributed by atoms with Gasteiger partial charge in [-0.2, -0.15) is 0 Å². The van der Waals surface area contributed by atoms with Gasteiger partial charge in [0.1, 0.15) is 0 Å². The van der Waals surface area contributed by atoms with E-state index >= 15 is 0 Å². The Balaban J connectivity index is -0.000000152. The number of hydrogen-bond donors (Lipinski definition) is 4. The molecule has 0 spiro atoms.